The minimum atomic E-state index is -3.98. The van der Waals surface area contributed by atoms with Crippen molar-refractivity contribution in [2.45, 2.75) is 49.6 Å². The number of rotatable bonds is 9. The fourth-order valence-electron chi connectivity index (χ4n) is 3.32. The molecule has 1 fully saturated rings. The molecule has 0 bridgehead atoms. The summed E-state index contributed by atoms with van der Waals surface area (Å²) in [6.07, 6.45) is -0.573. The van der Waals surface area contributed by atoms with Crippen molar-refractivity contribution in [2.75, 3.05) is 7.05 Å². The highest BCUT2D eigenvalue weighted by Crippen LogP contribution is 2.37. The highest BCUT2D eigenvalue weighted by Gasteiger charge is 2.41. The van der Waals surface area contributed by atoms with Crippen molar-refractivity contribution < 1.29 is 27.1 Å². The van der Waals surface area contributed by atoms with E-state index in [2.05, 4.69) is 25.2 Å². The summed E-state index contributed by atoms with van der Waals surface area (Å²) in [5.74, 6) is -1.05. The molecule has 1 aliphatic rings. The van der Waals surface area contributed by atoms with Gasteiger partial charge in [0.05, 0.1) is 22.5 Å². The molecule has 0 unspecified atom stereocenters. The smallest absolute Gasteiger partial charge is 0.307 e. The Kier molecular flexibility index (Phi) is 5.73. The summed E-state index contributed by atoms with van der Waals surface area (Å²) in [6.45, 7) is 2.01. The van der Waals surface area contributed by atoms with Crippen LogP contribution in [-0.4, -0.2) is 51.7 Å². The Morgan fingerprint density at radius 3 is 2.66 bits per heavy atom. The number of sulfonamides is 1. The number of carbonyl (C=O) groups is 1. The van der Waals surface area contributed by atoms with Gasteiger partial charge in [-0.3, -0.25) is 9.20 Å². The summed E-state index contributed by atoms with van der Waals surface area (Å²) >= 11 is 0.636. The lowest BCUT2D eigenvalue weighted by Gasteiger charge is -2.14. The van der Waals surface area contributed by atoms with Crippen LogP contribution < -0.4 is 10.0 Å². The van der Waals surface area contributed by atoms with Crippen LogP contribution in [0.5, 0.6) is 0 Å². The topological polar surface area (TPSA) is 139 Å². The van der Waals surface area contributed by atoms with Gasteiger partial charge in [0.15, 0.2) is 15.8 Å². The lowest BCUT2D eigenvalue weighted by molar-refractivity contribution is -0.136. The lowest BCUT2D eigenvalue weighted by atomic mass is 10.1. The van der Waals surface area contributed by atoms with Crippen molar-refractivity contribution in [2.24, 2.45) is 0 Å². The van der Waals surface area contributed by atoms with Gasteiger partial charge in [0.25, 0.3) is 6.43 Å². The summed E-state index contributed by atoms with van der Waals surface area (Å²) < 4.78 is 56.1. The van der Waals surface area contributed by atoms with Gasteiger partial charge in [-0.15, -0.1) is 10.2 Å². The lowest BCUT2D eigenvalue weighted by Crippen LogP contribution is -2.34. The van der Waals surface area contributed by atoms with Crippen molar-refractivity contribution in [3.05, 3.63) is 28.5 Å². The molecule has 0 aliphatic heterocycles. The number of pyridine rings is 1. The fraction of sp³-hybridized carbons (Fsp3) is 0.444. The molecule has 0 amide bonds. The number of halogens is 2. The number of fused-ring (bicyclic) bond motifs is 1. The first kappa shape index (κ1) is 22.6. The molecule has 3 heterocycles. The van der Waals surface area contributed by atoms with E-state index in [1.807, 2.05) is 0 Å². The molecule has 10 nitrogen and oxygen atoms in total. The van der Waals surface area contributed by atoms with Crippen molar-refractivity contribution in [3.63, 3.8) is 0 Å². The first-order chi connectivity index (χ1) is 15.0. The molecule has 1 aliphatic carbocycles. The zero-order chi connectivity index (χ0) is 23.3. The molecular formula is C18H20F2N6O4S2. The third-order valence-corrected chi connectivity index (χ3v) is 7.59. The number of alkyl halides is 2. The average molecular weight is 487 g/mol. The Hall–Kier alpha value is -2.55. The monoisotopic (exact) mass is 486 g/mol. The van der Waals surface area contributed by atoms with Gasteiger partial charge in [0.1, 0.15) is 0 Å². The van der Waals surface area contributed by atoms with Crippen LogP contribution in [-0.2, 0) is 27.8 Å². The van der Waals surface area contributed by atoms with Crippen LogP contribution >= 0.6 is 11.3 Å². The van der Waals surface area contributed by atoms with Crippen LogP contribution in [0.4, 0.5) is 8.78 Å². The third kappa shape index (κ3) is 4.35. The molecule has 172 valence electrons. The SMILES string of the molecule is CNCc1nc(-c2nnc(C(F)F)s2)n2cc(S(=O)(=O)NC3(C)CC3)cc(CC(=O)O)c12. The summed E-state index contributed by atoms with van der Waals surface area (Å²) in [4.78, 5) is 15.8. The van der Waals surface area contributed by atoms with Gasteiger partial charge in [-0.1, -0.05) is 11.3 Å². The Morgan fingerprint density at radius 2 is 2.09 bits per heavy atom. The minimum Gasteiger partial charge on any atom is -0.481 e. The van der Waals surface area contributed by atoms with Crippen molar-refractivity contribution in [1.29, 1.82) is 0 Å². The van der Waals surface area contributed by atoms with E-state index < -0.39 is 39.4 Å². The standard InChI is InChI=1S/C18H20F2N6O4S2/c1-18(3-4-18)25-32(29,30)10-5-9(6-12(27)28)13-11(7-21-2)22-15(26(13)8-10)17-24-23-16(31-17)14(19)20/h5,8,14,21,25H,3-4,6-7H2,1-2H3,(H,27,28). The predicted molar refractivity (Wildman–Crippen MR) is 111 cm³/mol. The summed E-state index contributed by atoms with van der Waals surface area (Å²) in [7, 11) is -2.31. The van der Waals surface area contributed by atoms with E-state index in [0.717, 1.165) is 0 Å². The quantitative estimate of drug-likeness (QED) is 0.417. The first-order valence-corrected chi connectivity index (χ1v) is 11.9. The van der Waals surface area contributed by atoms with Crippen LogP contribution in [0.3, 0.4) is 0 Å². The maximum atomic E-state index is 13.0. The van der Waals surface area contributed by atoms with E-state index in [0.29, 0.717) is 35.4 Å². The number of carboxylic acids is 1. The predicted octanol–water partition coefficient (Wildman–Crippen LogP) is 1.97. The number of hydrogen-bond acceptors (Lipinski definition) is 8. The van der Waals surface area contributed by atoms with Gasteiger partial charge < -0.3 is 10.4 Å². The van der Waals surface area contributed by atoms with E-state index >= 15 is 0 Å². The molecule has 14 heteroatoms. The number of aromatic nitrogens is 4. The second kappa shape index (κ2) is 8.10. The maximum Gasteiger partial charge on any atom is 0.307 e. The highest BCUT2D eigenvalue weighted by molar-refractivity contribution is 7.89. The summed E-state index contributed by atoms with van der Waals surface area (Å²) in [5.41, 5.74) is 0.492. The molecule has 3 aromatic heterocycles. The Bertz CT molecular complexity index is 1300. The largest absolute Gasteiger partial charge is 0.481 e. The number of carboxylic acid groups (broad SMARTS) is 1. The molecule has 3 N–H and O–H groups in total. The van der Waals surface area contributed by atoms with Crippen LogP contribution in [0.15, 0.2) is 17.2 Å². The van der Waals surface area contributed by atoms with Crippen LogP contribution in [0, 0.1) is 0 Å². The number of hydrogen-bond donors (Lipinski definition) is 3. The number of aliphatic carboxylic acids is 1. The van der Waals surface area contributed by atoms with Crippen molar-refractivity contribution >= 4 is 32.8 Å². The molecule has 0 radical (unpaired) electrons. The van der Waals surface area contributed by atoms with E-state index in [1.165, 1.54) is 16.7 Å². The zero-order valence-corrected chi connectivity index (χ0v) is 18.7. The van der Waals surface area contributed by atoms with E-state index in [9.17, 15) is 27.1 Å². The van der Waals surface area contributed by atoms with Crippen LogP contribution in [0.1, 0.15) is 42.5 Å². The highest BCUT2D eigenvalue weighted by atomic mass is 32.2. The average Bonchev–Trinajstić information content (AvgIpc) is 3.10. The molecular weight excluding hydrogens is 466 g/mol. The van der Waals surface area contributed by atoms with Gasteiger partial charge in [-0.05, 0) is 38.4 Å². The summed E-state index contributed by atoms with van der Waals surface area (Å²) in [5, 5.41) is 19.2. The van der Waals surface area contributed by atoms with E-state index in [4.69, 9.17) is 0 Å². The first-order valence-electron chi connectivity index (χ1n) is 9.59. The fourth-order valence-corrected chi connectivity index (χ4v) is 5.52. The normalized spacial score (nSPS) is 15.5. The van der Waals surface area contributed by atoms with Gasteiger partial charge in [-0.2, -0.15) is 0 Å². The number of nitrogens with zero attached hydrogens (tertiary/aromatic N) is 4. The van der Waals surface area contributed by atoms with Gasteiger partial charge in [0, 0.05) is 18.3 Å². The van der Waals surface area contributed by atoms with Crippen molar-refractivity contribution in [3.8, 4) is 10.8 Å². The molecule has 32 heavy (non-hydrogen) atoms. The van der Waals surface area contributed by atoms with E-state index in [-0.39, 0.29) is 27.8 Å². The van der Waals surface area contributed by atoms with Gasteiger partial charge >= 0.3 is 5.97 Å². The second-order valence-corrected chi connectivity index (χ2v) is 10.5. The Labute approximate surface area is 185 Å². The Balaban J connectivity index is 1.96. The minimum absolute atomic E-state index is 0.0654. The number of nitrogens with one attached hydrogen (secondary N) is 2. The second-order valence-electron chi connectivity index (χ2n) is 7.81. The van der Waals surface area contributed by atoms with Gasteiger partial charge in [0.2, 0.25) is 10.0 Å². The van der Waals surface area contributed by atoms with Gasteiger partial charge in [-0.25, -0.2) is 26.9 Å². The summed E-state index contributed by atoms with van der Waals surface area (Å²) in [6, 6.07) is 1.31. The molecule has 4 rings (SSSR count). The van der Waals surface area contributed by atoms with Crippen LogP contribution in [0.25, 0.3) is 16.3 Å². The third-order valence-electron chi connectivity index (χ3n) is 5.06. The molecule has 3 aromatic rings. The molecule has 0 atom stereocenters. The molecule has 0 saturated heterocycles. The zero-order valence-electron chi connectivity index (χ0n) is 17.1. The molecule has 0 aromatic carbocycles. The molecule has 0 spiro atoms. The van der Waals surface area contributed by atoms with E-state index in [1.54, 1.807) is 14.0 Å². The Morgan fingerprint density at radius 1 is 1.38 bits per heavy atom. The maximum absolute atomic E-state index is 13.0. The van der Waals surface area contributed by atoms with Crippen LogP contribution in [0.2, 0.25) is 0 Å². The number of imidazole rings is 1. The molecule has 1 saturated carbocycles. The van der Waals surface area contributed by atoms with Crippen molar-refractivity contribution in [1.82, 2.24) is 29.6 Å².